The molecule has 0 aliphatic carbocycles. The maximum absolute atomic E-state index is 5.99. The van der Waals surface area contributed by atoms with Gasteiger partial charge in [0.2, 0.25) is 0 Å². The summed E-state index contributed by atoms with van der Waals surface area (Å²) >= 11 is 0. The van der Waals surface area contributed by atoms with Gasteiger partial charge in [0.25, 0.3) is 0 Å². The van der Waals surface area contributed by atoms with Crippen LogP contribution >= 0.6 is 0 Å². The van der Waals surface area contributed by atoms with E-state index in [2.05, 4.69) is 6.92 Å². The van der Waals surface area contributed by atoms with Gasteiger partial charge in [-0.3, -0.25) is 0 Å². The van der Waals surface area contributed by atoms with Crippen molar-refractivity contribution in [2.45, 2.75) is 26.0 Å². The minimum absolute atomic E-state index is 0.0995. The van der Waals surface area contributed by atoms with Crippen LogP contribution in [0.15, 0.2) is 48.5 Å². The lowest BCUT2D eigenvalue weighted by Crippen LogP contribution is -2.08. The molecule has 0 fully saturated rings. The van der Waals surface area contributed by atoms with Crippen LogP contribution in [-0.2, 0) is 6.61 Å². The third-order valence-electron chi connectivity index (χ3n) is 3.29. The summed E-state index contributed by atoms with van der Waals surface area (Å²) < 4.78 is 11.0. The predicted molar refractivity (Wildman–Crippen MR) is 81.0 cm³/mol. The topological polar surface area (TPSA) is 44.5 Å². The van der Waals surface area contributed by atoms with Crippen LogP contribution in [0.5, 0.6) is 11.5 Å². The summed E-state index contributed by atoms with van der Waals surface area (Å²) in [4.78, 5) is 0. The lowest BCUT2D eigenvalue weighted by Gasteiger charge is -2.11. The summed E-state index contributed by atoms with van der Waals surface area (Å²) in [5.41, 5.74) is 8.21. The second-order valence-corrected chi connectivity index (χ2v) is 4.72. The van der Waals surface area contributed by atoms with Crippen LogP contribution in [-0.4, -0.2) is 7.11 Å². The summed E-state index contributed by atoms with van der Waals surface area (Å²) in [5.74, 6) is 1.69. The van der Waals surface area contributed by atoms with E-state index < -0.39 is 0 Å². The molecule has 0 heterocycles. The fourth-order valence-corrected chi connectivity index (χ4v) is 1.98. The van der Waals surface area contributed by atoms with Crippen molar-refractivity contribution in [3.05, 3.63) is 59.7 Å². The molecule has 0 saturated heterocycles. The van der Waals surface area contributed by atoms with Gasteiger partial charge in [-0.2, -0.15) is 0 Å². The molecule has 2 rings (SSSR count). The van der Waals surface area contributed by atoms with E-state index in [0.717, 1.165) is 29.0 Å². The highest BCUT2D eigenvalue weighted by Crippen LogP contribution is 2.20. The van der Waals surface area contributed by atoms with Crippen molar-refractivity contribution >= 4 is 0 Å². The first-order chi connectivity index (χ1) is 9.72. The molecule has 0 saturated carbocycles. The predicted octanol–water partition coefficient (Wildman–Crippen LogP) is 3.68. The van der Waals surface area contributed by atoms with Crippen molar-refractivity contribution in [2.24, 2.45) is 5.73 Å². The van der Waals surface area contributed by atoms with E-state index in [1.54, 1.807) is 7.11 Å². The smallest absolute Gasteiger partial charge is 0.119 e. The molecule has 20 heavy (non-hydrogen) atoms. The van der Waals surface area contributed by atoms with Crippen LogP contribution < -0.4 is 15.2 Å². The Morgan fingerprint density at radius 1 is 1.05 bits per heavy atom. The summed E-state index contributed by atoms with van der Waals surface area (Å²) in [6, 6.07) is 15.9. The minimum atomic E-state index is 0.0995. The van der Waals surface area contributed by atoms with Crippen LogP contribution in [0.1, 0.15) is 30.5 Å². The zero-order valence-electron chi connectivity index (χ0n) is 12.0. The number of rotatable bonds is 6. The summed E-state index contributed by atoms with van der Waals surface area (Å²) in [7, 11) is 1.66. The van der Waals surface area contributed by atoms with Crippen molar-refractivity contribution in [1.29, 1.82) is 0 Å². The maximum atomic E-state index is 5.99. The molecule has 0 spiro atoms. The van der Waals surface area contributed by atoms with Crippen molar-refractivity contribution in [1.82, 2.24) is 0 Å². The molecule has 3 heteroatoms. The van der Waals surface area contributed by atoms with E-state index in [1.165, 1.54) is 0 Å². The molecule has 0 bridgehead atoms. The third kappa shape index (κ3) is 3.75. The van der Waals surface area contributed by atoms with Gasteiger partial charge in [0.1, 0.15) is 18.1 Å². The Kier molecular flexibility index (Phi) is 5.02. The fraction of sp³-hybridized carbons (Fsp3) is 0.294. The van der Waals surface area contributed by atoms with E-state index in [4.69, 9.17) is 15.2 Å². The SMILES string of the molecule is CC[C@H](N)c1ccc(OCc2cccc(OC)c2)cc1. The average Bonchev–Trinajstić information content (AvgIpc) is 2.53. The number of hydrogen-bond acceptors (Lipinski definition) is 3. The number of ether oxygens (including phenoxy) is 2. The molecule has 1 atom stereocenters. The lowest BCUT2D eigenvalue weighted by molar-refractivity contribution is 0.305. The Bertz CT molecular complexity index is 537. The highest BCUT2D eigenvalue weighted by Gasteiger charge is 2.03. The van der Waals surface area contributed by atoms with E-state index in [1.807, 2.05) is 48.5 Å². The van der Waals surface area contributed by atoms with Crippen LogP contribution in [0.4, 0.5) is 0 Å². The molecule has 0 aliphatic heterocycles. The van der Waals surface area contributed by atoms with E-state index in [-0.39, 0.29) is 6.04 Å². The van der Waals surface area contributed by atoms with Gasteiger partial charge in [0.05, 0.1) is 7.11 Å². The summed E-state index contributed by atoms with van der Waals surface area (Å²) in [5, 5.41) is 0. The first kappa shape index (κ1) is 14.4. The van der Waals surface area contributed by atoms with Crippen LogP contribution in [0, 0.1) is 0 Å². The first-order valence-corrected chi connectivity index (χ1v) is 6.84. The van der Waals surface area contributed by atoms with Gasteiger partial charge in [0, 0.05) is 6.04 Å². The second kappa shape index (κ2) is 6.96. The molecule has 0 aliphatic rings. The van der Waals surface area contributed by atoms with Gasteiger partial charge in [-0.1, -0.05) is 31.2 Å². The van der Waals surface area contributed by atoms with E-state index >= 15 is 0 Å². The second-order valence-electron chi connectivity index (χ2n) is 4.72. The van der Waals surface area contributed by atoms with Crippen molar-refractivity contribution in [3.63, 3.8) is 0 Å². The van der Waals surface area contributed by atoms with Crippen molar-refractivity contribution in [3.8, 4) is 11.5 Å². The molecule has 2 aromatic carbocycles. The average molecular weight is 271 g/mol. The lowest BCUT2D eigenvalue weighted by atomic mass is 10.1. The normalized spacial score (nSPS) is 11.9. The summed E-state index contributed by atoms with van der Waals surface area (Å²) in [6.07, 6.45) is 0.935. The molecule has 3 nitrogen and oxygen atoms in total. The Hall–Kier alpha value is -2.00. The van der Waals surface area contributed by atoms with Gasteiger partial charge in [0.15, 0.2) is 0 Å². The van der Waals surface area contributed by atoms with Gasteiger partial charge < -0.3 is 15.2 Å². The molecular formula is C17H21NO2. The van der Waals surface area contributed by atoms with Gasteiger partial charge in [-0.25, -0.2) is 0 Å². The fourth-order valence-electron chi connectivity index (χ4n) is 1.98. The zero-order valence-corrected chi connectivity index (χ0v) is 12.0. The highest BCUT2D eigenvalue weighted by molar-refractivity contribution is 5.31. The molecule has 2 aromatic rings. The third-order valence-corrected chi connectivity index (χ3v) is 3.29. The maximum Gasteiger partial charge on any atom is 0.119 e. The van der Waals surface area contributed by atoms with Crippen LogP contribution in [0.3, 0.4) is 0 Å². The summed E-state index contributed by atoms with van der Waals surface area (Å²) in [6.45, 7) is 2.61. The van der Waals surface area contributed by atoms with E-state index in [9.17, 15) is 0 Å². The molecular weight excluding hydrogens is 250 g/mol. The van der Waals surface area contributed by atoms with E-state index in [0.29, 0.717) is 6.61 Å². The Morgan fingerprint density at radius 2 is 1.80 bits per heavy atom. The zero-order chi connectivity index (χ0) is 14.4. The largest absolute Gasteiger partial charge is 0.497 e. The highest BCUT2D eigenvalue weighted by atomic mass is 16.5. The number of benzene rings is 2. The number of nitrogens with two attached hydrogens (primary N) is 1. The van der Waals surface area contributed by atoms with Crippen LogP contribution in [0.25, 0.3) is 0 Å². The van der Waals surface area contributed by atoms with Gasteiger partial charge in [-0.05, 0) is 41.8 Å². The molecule has 0 aromatic heterocycles. The number of hydrogen-bond donors (Lipinski definition) is 1. The molecule has 2 N–H and O–H groups in total. The van der Waals surface area contributed by atoms with Crippen LogP contribution in [0.2, 0.25) is 0 Å². The monoisotopic (exact) mass is 271 g/mol. The molecule has 0 unspecified atom stereocenters. The first-order valence-electron chi connectivity index (χ1n) is 6.84. The van der Waals surface area contributed by atoms with Crippen molar-refractivity contribution in [2.75, 3.05) is 7.11 Å². The Labute approximate surface area is 120 Å². The molecule has 0 radical (unpaired) electrons. The van der Waals surface area contributed by atoms with Gasteiger partial charge in [-0.15, -0.1) is 0 Å². The van der Waals surface area contributed by atoms with Crippen molar-refractivity contribution < 1.29 is 9.47 Å². The Balaban J connectivity index is 1.96. The Morgan fingerprint density at radius 3 is 2.45 bits per heavy atom. The quantitative estimate of drug-likeness (QED) is 0.871. The standard InChI is InChI=1S/C17H21NO2/c1-3-17(18)14-7-9-15(10-8-14)20-12-13-5-4-6-16(11-13)19-2/h4-11,17H,3,12,18H2,1-2H3/t17-/m0/s1. The number of methoxy groups -OCH3 is 1. The minimum Gasteiger partial charge on any atom is -0.497 e. The molecule has 106 valence electrons. The molecule has 0 amide bonds. The van der Waals surface area contributed by atoms with Gasteiger partial charge >= 0.3 is 0 Å².